The smallest absolute Gasteiger partial charge is 0.494 e. The molecule has 0 bridgehead atoms. The van der Waals surface area contributed by atoms with Gasteiger partial charge in [0.15, 0.2) is 46.3 Å². The highest BCUT2D eigenvalue weighted by Crippen LogP contribution is 2.40. The lowest BCUT2D eigenvalue weighted by Crippen LogP contribution is -2.56. The van der Waals surface area contributed by atoms with Crippen LogP contribution in [0.1, 0.15) is 116 Å². The van der Waals surface area contributed by atoms with E-state index in [-0.39, 0.29) is 98.1 Å². The second kappa shape index (κ2) is 47.2. The summed E-state index contributed by atoms with van der Waals surface area (Å²) in [5.41, 5.74) is 2.88. The van der Waals surface area contributed by atoms with Crippen molar-refractivity contribution in [1.82, 2.24) is 94.2 Å². The Labute approximate surface area is 821 Å². The van der Waals surface area contributed by atoms with E-state index in [1.807, 2.05) is 117 Å². The van der Waals surface area contributed by atoms with Gasteiger partial charge in [0.2, 0.25) is 0 Å². The summed E-state index contributed by atoms with van der Waals surface area (Å²) < 4.78 is 141. The van der Waals surface area contributed by atoms with Crippen LogP contribution in [0.5, 0.6) is 23.0 Å². The molecule has 6 aliphatic heterocycles. The number of benzene rings is 2. The van der Waals surface area contributed by atoms with Crippen molar-refractivity contribution in [2.24, 2.45) is 0 Å². The van der Waals surface area contributed by atoms with E-state index in [4.69, 9.17) is 57.2 Å². The van der Waals surface area contributed by atoms with E-state index in [1.165, 1.54) is 52.6 Å². The molecule has 7 N–H and O–H groups in total. The van der Waals surface area contributed by atoms with Crippen LogP contribution < -0.4 is 29.7 Å². The molecule has 714 valence electrons. The number of rotatable bonds is 21. The number of amides is 2. The Morgan fingerprint density at radius 1 is 0.534 bits per heavy atom. The van der Waals surface area contributed by atoms with Gasteiger partial charge in [0, 0.05) is 190 Å². The normalized spacial score (nSPS) is 16.2. The van der Waals surface area contributed by atoms with Crippen LogP contribution in [0.3, 0.4) is 0 Å². The van der Waals surface area contributed by atoms with Crippen LogP contribution in [0.15, 0.2) is 111 Å². The number of hydrogen-bond acceptors (Lipinski definition) is 26. The number of halogens is 9. The summed E-state index contributed by atoms with van der Waals surface area (Å²) in [7, 11) is 1.27. The molecule has 0 aliphatic carbocycles. The molecule has 131 heavy (non-hydrogen) atoms. The third-order valence-electron chi connectivity index (χ3n) is 21.3. The fourth-order valence-electron chi connectivity index (χ4n) is 13.6. The summed E-state index contributed by atoms with van der Waals surface area (Å²) in [6.07, 6.45) is 25.7. The van der Waals surface area contributed by atoms with Crippen LogP contribution in [0.4, 0.5) is 27.2 Å². The number of aliphatic hydroxyl groups is 3. The molecule has 2 amide bonds. The van der Waals surface area contributed by atoms with E-state index < -0.39 is 75.1 Å². The van der Waals surface area contributed by atoms with Gasteiger partial charge in [-0.1, -0.05) is 15.9 Å². The number of fused-ring (bicyclic) bond motifs is 2. The van der Waals surface area contributed by atoms with Crippen LogP contribution in [-0.2, 0) is 45.9 Å². The van der Waals surface area contributed by atoms with E-state index in [0.717, 1.165) is 86.6 Å². The van der Waals surface area contributed by atoms with Crippen molar-refractivity contribution in [3.8, 4) is 34.1 Å². The molecule has 0 saturated carbocycles. The Hall–Kier alpha value is -7.62. The quantitative estimate of drug-likeness (QED) is 0.0115. The number of β-amino-alcohol motifs (C(OH)–C–C–N with tert-alkyl or cyclic N) is 2. The van der Waals surface area contributed by atoms with E-state index in [1.54, 1.807) is 62.9 Å². The molecule has 6 saturated heterocycles. The number of alkyl halides is 1. The number of nitrogens with one attached hydrogen (secondary N) is 4. The van der Waals surface area contributed by atoms with Crippen molar-refractivity contribution < 1.29 is 92.8 Å². The second-order valence-corrected chi connectivity index (χ2v) is 41.4. The third-order valence-corrected chi connectivity index (χ3v) is 24.6. The van der Waals surface area contributed by atoms with Gasteiger partial charge in [-0.2, -0.15) is 33.9 Å². The lowest BCUT2D eigenvalue weighted by Gasteiger charge is -2.39. The number of ether oxygens (including phenoxy) is 6. The number of hydrogen-bond donors (Lipinski definition) is 7. The lowest BCUT2D eigenvalue weighted by molar-refractivity contribution is -0.0204. The molecule has 46 heteroatoms. The van der Waals surface area contributed by atoms with Gasteiger partial charge in [-0.15, -0.1) is 0 Å². The zero-order chi connectivity index (χ0) is 95.6. The summed E-state index contributed by atoms with van der Waals surface area (Å²) in [5, 5.41) is 54.5. The second-order valence-electron chi connectivity index (χ2n) is 34.0. The Balaban J connectivity index is 0.000000167. The molecule has 0 radical (unpaired) electrons. The Morgan fingerprint density at radius 3 is 1.28 bits per heavy atom. The van der Waals surface area contributed by atoms with E-state index in [9.17, 15) is 35.6 Å². The Kier molecular flexibility index (Phi) is 38.0. The minimum absolute atomic E-state index is 0.00160. The average molecular weight is 2360 g/mol. The molecule has 6 aliphatic rings. The molecule has 15 heterocycles. The monoisotopic (exact) mass is 2360 g/mol. The summed E-state index contributed by atoms with van der Waals surface area (Å²) in [4.78, 5) is 45.7. The van der Waals surface area contributed by atoms with E-state index in [2.05, 4.69) is 184 Å². The number of methoxy groups -OCH3 is 4. The minimum Gasteiger partial charge on any atom is -0.494 e. The molecule has 6 fully saturated rings. The van der Waals surface area contributed by atoms with Crippen LogP contribution >= 0.6 is 106 Å². The minimum atomic E-state index is -3.45. The molecule has 17 rings (SSSR count). The molecule has 2 aromatic carbocycles. The summed E-state index contributed by atoms with van der Waals surface area (Å²) in [6, 6.07) is 7.89. The number of likely N-dealkylation sites (tertiary alicyclic amines) is 4. The number of carbonyl (C=O) groups is 2. The molecule has 0 unspecified atom stereocenters. The fourth-order valence-corrected chi connectivity index (χ4v) is 15.7. The largest absolute Gasteiger partial charge is 0.496 e. The van der Waals surface area contributed by atoms with Crippen LogP contribution in [0.25, 0.3) is 33.2 Å². The molecular formula is C85H111BBrF4I4N19O16S. The maximum atomic E-state index is 14.9. The van der Waals surface area contributed by atoms with Gasteiger partial charge in [0.25, 0.3) is 10.1 Å². The zero-order valence-electron chi connectivity index (χ0n) is 75.3. The van der Waals surface area contributed by atoms with Crippen LogP contribution in [-0.4, -0.2) is 299 Å². The fraction of sp³-hybridized carbons (Fsp3) is 0.494. The standard InChI is InChI=1S/C24H25F2N5O3.C22H25BF2N2O4.C11H16IN3O2.C9H17NO5S.C8H12IN3O.C6H8IN3.C3H3IN2.C2H5BrO/c1-33-20-7-21(34-2)23(26)19(22(20)25)6-15-9-28-24-18(15)5-14(8-27-24)16-10-29-31(11-16)17-12-30(13-17)3-4-32;1-21(2)22(3,4)31-23(30-21)13-8-14-12(10-26-20(14)27-11-13)7-15-18(24)16(28-5)9-17(29-6)19(15)25;1-11(2,3)17-10(16)14-6-9(7-14)15-5-8(12)4-13-15;1-9(2,3)14-8(11)10-5-7(6-10)15-16(4,12)13;9-7-3-10-12(4-7)8-5-11(6-8)1-2-13;7-5-1-9-10(4-5)6-2-8-3-6;4-3-1-5-6-2-3;3-1-2-4/h5,7-11,17,32H,3-4,6,12-13H2,1-2H3,(H,27,28);8-11H,7H2,1-6H3,(H,26,27);4-5,9H,6-7H2,1-3H3;7H,5-6H2,1-4H3;3-4,8,13H,1-2,5-6H2;1,4,6,8H,2-3H2;1-2H,(H,5,6);4H,1-2H2. The van der Waals surface area contributed by atoms with Crippen molar-refractivity contribution in [2.45, 2.75) is 135 Å². The SMILES string of the molecule is CC(C)(C)OC(=O)N1CC(OS(C)(=O)=O)C1.CC(C)(C)OC(=O)N1CC(n2cc(I)cn2)C1.COc1cc(OC)c(F)c(Cc2c[nH]c3ncc(-c4cnn(C5CN(CCO)C5)c4)cc23)c1F.COc1cc(OC)c(F)c(Cc2c[nH]c3ncc(B4OC(C)(C)C(C)(C)O4)cc23)c1F.Ic1cn[nH]c1.Ic1cnn(C2CNC2)c1.OCCBr.OCCN1CC(n2cc(I)cn2)C1. The first-order chi connectivity index (χ1) is 62.0. The van der Waals surface area contributed by atoms with Gasteiger partial charge in [-0.25, -0.2) is 37.1 Å². The maximum Gasteiger partial charge on any atom is 0.496 e. The molecule has 9 aromatic heterocycles. The van der Waals surface area contributed by atoms with Crippen LogP contribution in [0, 0.1) is 37.5 Å². The van der Waals surface area contributed by atoms with Crippen molar-refractivity contribution >= 4 is 163 Å². The number of carbonyl (C=O) groups excluding carboxylic acids is 2. The Morgan fingerprint density at radius 2 is 0.931 bits per heavy atom. The highest BCUT2D eigenvalue weighted by atomic mass is 127. The first-order valence-electron chi connectivity index (χ1n) is 41.6. The highest BCUT2D eigenvalue weighted by molar-refractivity contribution is 14.1. The van der Waals surface area contributed by atoms with E-state index >= 15 is 0 Å². The van der Waals surface area contributed by atoms with Gasteiger partial charge in [-0.05, 0) is 183 Å². The maximum absolute atomic E-state index is 14.9. The first kappa shape index (κ1) is 105. The predicted octanol–water partition coefficient (Wildman–Crippen LogP) is 12.1. The molecular weight excluding hydrogens is 2250 g/mol. The molecule has 35 nitrogen and oxygen atoms in total. The Bertz CT molecular complexity index is 5600. The highest BCUT2D eigenvalue weighted by Gasteiger charge is 2.52. The van der Waals surface area contributed by atoms with Crippen molar-refractivity contribution in [2.75, 3.05) is 138 Å². The predicted molar refractivity (Wildman–Crippen MR) is 522 cm³/mol. The average Bonchev–Trinajstić information content (AvgIpc) is 1.67. The number of H-pyrrole nitrogens is 3. The third kappa shape index (κ3) is 29.2. The lowest BCUT2D eigenvalue weighted by atomic mass is 9.79. The van der Waals surface area contributed by atoms with Gasteiger partial charge < -0.3 is 78.1 Å². The topological polar surface area (TPSA) is 394 Å². The van der Waals surface area contributed by atoms with Gasteiger partial charge in [-0.3, -0.25) is 37.8 Å². The molecule has 0 spiro atoms. The number of aromatic nitrogens is 14. The van der Waals surface area contributed by atoms with Gasteiger partial charge in [0.05, 0.1) is 148 Å². The van der Waals surface area contributed by atoms with Crippen molar-refractivity contribution in [3.05, 3.63) is 171 Å². The summed E-state index contributed by atoms with van der Waals surface area (Å²) in [6.45, 7) is 28.6. The number of pyridine rings is 2. The number of nitrogens with zero attached hydrogens (tertiary/aromatic N) is 15. The molecule has 11 aromatic rings. The van der Waals surface area contributed by atoms with Gasteiger partial charge in [0.1, 0.15) is 28.6 Å². The van der Waals surface area contributed by atoms with Gasteiger partial charge >= 0.3 is 19.3 Å². The molecule has 0 atom stereocenters. The van der Waals surface area contributed by atoms with Crippen LogP contribution in [0.2, 0.25) is 0 Å². The summed E-state index contributed by atoms with van der Waals surface area (Å²) in [5.74, 6) is -3.34. The van der Waals surface area contributed by atoms with E-state index in [0.29, 0.717) is 59.5 Å². The number of aromatic amines is 3. The van der Waals surface area contributed by atoms with Crippen molar-refractivity contribution in [1.29, 1.82) is 0 Å². The number of aliphatic hydroxyl groups excluding tert-OH is 3. The zero-order valence-corrected chi connectivity index (χ0v) is 86.3. The summed E-state index contributed by atoms with van der Waals surface area (Å²) >= 11 is 11.9. The van der Waals surface area contributed by atoms with Crippen molar-refractivity contribution in [3.63, 3.8) is 0 Å². The first-order valence-corrected chi connectivity index (χ1v) is 48.8.